The van der Waals surface area contributed by atoms with Crippen LogP contribution in [0.25, 0.3) is 10.9 Å². The van der Waals surface area contributed by atoms with Crippen molar-refractivity contribution in [1.82, 2.24) is 15.3 Å². The van der Waals surface area contributed by atoms with E-state index in [1.54, 1.807) is 13.3 Å². The third-order valence-corrected chi connectivity index (χ3v) is 3.30. The van der Waals surface area contributed by atoms with Gasteiger partial charge in [0.2, 0.25) is 5.88 Å². The normalized spacial score (nSPS) is 10.5. The Kier molecular flexibility index (Phi) is 3.55. The summed E-state index contributed by atoms with van der Waals surface area (Å²) in [4.78, 5) is 19.4. The smallest absolute Gasteiger partial charge is 0.251 e. The van der Waals surface area contributed by atoms with E-state index in [4.69, 9.17) is 4.74 Å². The number of aromatic nitrogens is 2. The number of carbonyl (C=O) groups excluding carboxylic acids is 1. The van der Waals surface area contributed by atoms with Gasteiger partial charge in [0.1, 0.15) is 0 Å². The summed E-state index contributed by atoms with van der Waals surface area (Å²) in [6.45, 7) is 0.374. The topological polar surface area (TPSA) is 67.0 Å². The summed E-state index contributed by atoms with van der Waals surface area (Å²) in [5.41, 5.74) is 2.41. The summed E-state index contributed by atoms with van der Waals surface area (Å²) in [7, 11) is 1.56. The summed E-state index contributed by atoms with van der Waals surface area (Å²) in [6.07, 6.45) is 3.51. The van der Waals surface area contributed by atoms with E-state index in [0.717, 1.165) is 16.5 Å². The van der Waals surface area contributed by atoms with Crippen molar-refractivity contribution in [2.75, 3.05) is 7.11 Å². The van der Waals surface area contributed by atoms with Crippen LogP contribution in [0.5, 0.6) is 5.88 Å². The second-order valence-corrected chi connectivity index (χ2v) is 4.63. The molecule has 2 N–H and O–H groups in total. The van der Waals surface area contributed by atoms with Crippen LogP contribution in [0.3, 0.4) is 0 Å². The highest BCUT2D eigenvalue weighted by Gasteiger charge is 2.09. The molecule has 0 aliphatic carbocycles. The number of carbonyl (C=O) groups is 1. The Hall–Kier alpha value is -2.82. The van der Waals surface area contributed by atoms with Gasteiger partial charge in [-0.3, -0.25) is 4.79 Å². The Morgan fingerprint density at radius 1 is 1.33 bits per heavy atom. The van der Waals surface area contributed by atoms with Gasteiger partial charge >= 0.3 is 0 Å². The number of benzene rings is 1. The molecule has 0 aliphatic heterocycles. The number of ether oxygens (including phenoxy) is 1. The molecule has 0 unspecified atom stereocenters. The first-order valence-corrected chi connectivity index (χ1v) is 6.61. The van der Waals surface area contributed by atoms with Crippen molar-refractivity contribution in [3.63, 3.8) is 0 Å². The Balaban J connectivity index is 1.74. The van der Waals surface area contributed by atoms with E-state index in [1.807, 2.05) is 42.6 Å². The Bertz CT molecular complexity index is 780. The number of nitrogens with one attached hydrogen (secondary N) is 2. The van der Waals surface area contributed by atoms with E-state index >= 15 is 0 Å². The molecule has 3 aromatic rings. The Morgan fingerprint density at radius 2 is 2.24 bits per heavy atom. The number of hydrogen-bond donors (Lipinski definition) is 2. The fourth-order valence-corrected chi connectivity index (χ4v) is 2.21. The molecule has 0 radical (unpaired) electrons. The van der Waals surface area contributed by atoms with Crippen molar-refractivity contribution in [3.05, 3.63) is 59.9 Å². The van der Waals surface area contributed by atoms with Crippen LogP contribution in [0, 0.1) is 0 Å². The van der Waals surface area contributed by atoms with Crippen LogP contribution in [0.15, 0.2) is 48.8 Å². The van der Waals surface area contributed by atoms with Crippen LogP contribution in [-0.4, -0.2) is 23.0 Å². The molecule has 2 heterocycles. The maximum Gasteiger partial charge on any atom is 0.251 e. The summed E-state index contributed by atoms with van der Waals surface area (Å²) < 4.78 is 5.16. The van der Waals surface area contributed by atoms with E-state index < -0.39 is 0 Å². The van der Waals surface area contributed by atoms with Crippen molar-refractivity contribution in [3.8, 4) is 5.88 Å². The number of hydrogen-bond acceptors (Lipinski definition) is 3. The minimum Gasteiger partial charge on any atom is -0.481 e. The van der Waals surface area contributed by atoms with Gasteiger partial charge in [-0.15, -0.1) is 0 Å². The van der Waals surface area contributed by atoms with E-state index in [0.29, 0.717) is 18.0 Å². The fraction of sp³-hybridized carbons (Fsp3) is 0.125. The molecular formula is C16H15N3O2. The van der Waals surface area contributed by atoms with Gasteiger partial charge in [-0.25, -0.2) is 4.98 Å². The van der Waals surface area contributed by atoms with Gasteiger partial charge in [0.15, 0.2) is 0 Å². The highest BCUT2D eigenvalue weighted by atomic mass is 16.5. The van der Waals surface area contributed by atoms with Crippen molar-refractivity contribution >= 4 is 16.8 Å². The lowest BCUT2D eigenvalue weighted by Crippen LogP contribution is -2.23. The van der Waals surface area contributed by atoms with Crippen molar-refractivity contribution < 1.29 is 9.53 Å². The first kappa shape index (κ1) is 13.2. The van der Waals surface area contributed by atoms with E-state index in [2.05, 4.69) is 15.3 Å². The highest BCUT2D eigenvalue weighted by Crippen LogP contribution is 2.15. The minimum atomic E-state index is -0.127. The predicted octanol–water partition coefficient (Wildman–Crippen LogP) is 2.50. The Labute approximate surface area is 122 Å². The first-order chi connectivity index (χ1) is 10.3. The van der Waals surface area contributed by atoms with Gasteiger partial charge in [-0.2, -0.15) is 0 Å². The maximum atomic E-state index is 12.2. The zero-order valence-corrected chi connectivity index (χ0v) is 11.6. The van der Waals surface area contributed by atoms with Gasteiger partial charge in [-0.1, -0.05) is 12.1 Å². The summed E-state index contributed by atoms with van der Waals surface area (Å²) in [5, 5.41) is 3.96. The molecule has 0 fully saturated rings. The zero-order valence-electron chi connectivity index (χ0n) is 11.6. The predicted molar refractivity (Wildman–Crippen MR) is 80.3 cm³/mol. The first-order valence-electron chi connectivity index (χ1n) is 6.61. The molecule has 0 saturated carbocycles. The standard InChI is InChI=1S/C16H15N3O2/c1-21-16-13(3-2-7-18-16)10-19-15(20)12-5-4-11-6-8-17-14(11)9-12/h2-9,17H,10H2,1H3,(H,19,20). The zero-order chi connectivity index (χ0) is 14.7. The van der Waals surface area contributed by atoms with E-state index in [-0.39, 0.29) is 5.91 Å². The Morgan fingerprint density at radius 3 is 3.10 bits per heavy atom. The molecule has 1 aromatic carbocycles. The number of rotatable bonds is 4. The number of fused-ring (bicyclic) bond motifs is 1. The summed E-state index contributed by atoms with van der Waals surface area (Å²) in [5.74, 6) is 0.398. The van der Waals surface area contributed by atoms with Crippen LogP contribution in [0.1, 0.15) is 15.9 Å². The second kappa shape index (κ2) is 5.66. The van der Waals surface area contributed by atoms with Crippen molar-refractivity contribution in [2.45, 2.75) is 6.54 Å². The average Bonchev–Trinajstić information content (AvgIpc) is 3.00. The lowest BCUT2D eigenvalue weighted by atomic mass is 10.1. The molecule has 21 heavy (non-hydrogen) atoms. The molecule has 1 amide bonds. The lowest BCUT2D eigenvalue weighted by Gasteiger charge is -2.08. The van der Waals surface area contributed by atoms with Crippen molar-refractivity contribution in [2.24, 2.45) is 0 Å². The van der Waals surface area contributed by atoms with Crippen LogP contribution >= 0.6 is 0 Å². The fourth-order valence-electron chi connectivity index (χ4n) is 2.21. The second-order valence-electron chi connectivity index (χ2n) is 4.63. The molecule has 3 rings (SSSR count). The van der Waals surface area contributed by atoms with Crippen LogP contribution in [-0.2, 0) is 6.54 Å². The number of pyridine rings is 1. The van der Waals surface area contributed by atoms with Crippen LogP contribution in [0.4, 0.5) is 0 Å². The van der Waals surface area contributed by atoms with Crippen LogP contribution in [0.2, 0.25) is 0 Å². The monoisotopic (exact) mass is 281 g/mol. The average molecular weight is 281 g/mol. The number of methoxy groups -OCH3 is 1. The van der Waals surface area contributed by atoms with Gasteiger partial charge in [0.25, 0.3) is 5.91 Å². The SMILES string of the molecule is COc1ncccc1CNC(=O)c1ccc2cc[nH]c2c1. The maximum absolute atomic E-state index is 12.2. The largest absolute Gasteiger partial charge is 0.481 e. The molecule has 2 aromatic heterocycles. The van der Waals surface area contributed by atoms with E-state index in [1.165, 1.54) is 0 Å². The summed E-state index contributed by atoms with van der Waals surface area (Å²) >= 11 is 0. The van der Waals surface area contributed by atoms with E-state index in [9.17, 15) is 4.79 Å². The minimum absolute atomic E-state index is 0.127. The highest BCUT2D eigenvalue weighted by molar-refractivity contribution is 5.97. The number of amides is 1. The quantitative estimate of drug-likeness (QED) is 0.772. The molecule has 0 bridgehead atoms. The number of aromatic amines is 1. The number of nitrogens with zero attached hydrogens (tertiary/aromatic N) is 1. The van der Waals surface area contributed by atoms with Crippen LogP contribution < -0.4 is 10.1 Å². The van der Waals surface area contributed by atoms with Gasteiger partial charge in [0.05, 0.1) is 7.11 Å². The molecular weight excluding hydrogens is 266 g/mol. The van der Waals surface area contributed by atoms with Gasteiger partial charge in [-0.05, 0) is 29.7 Å². The third kappa shape index (κ3) is 2.72. The molecule has 0 aliphatic rings. The molecule has 0 saturated heterocycles. The lowest BCUT2D eigenvalue weighted by molar-refractivity contribution is 0.0950. The summed E-state index contributed by atoms with van der Waals surface area (Å²) in [6, 6.07) is 11.2. The molecule has 0 atom stereocenters. The van der Waals surface area contributed by atoms with Gasteiger partial charge < -0.3 is 15.0 Å². The van der Waals surface area contributed by atoms with Gasteiger partial charge in [0, 0.05) is 35.6 Å². The number of H-pyrrole nitrogens is 1. The molecule has 0 spiro atoms. The molecule has 5 nitrogen and oxygen atoms in total. The van der Waals surface area contributed by atoms with Crippen molar-refractivity contribution in [1.29, 1.82) is 0 Å². The molecule has 106 valence electrons. The third-order valence-electron chi connectivity index (χ3n) is 3.30. The molecule has 5 heteroatoms.